The van der Waals surface area contributed by atoms with Crippen LogP contribution in [0.3, 0.4) is 0 Å². The molecule has 0 fully saturated rings. The Hall–Kier alpha value is -1.80. The van der Waals surface area contributed by atoms with Gasteiger partial charge < -0.3 is 4.74 Å². The molecule has 0 N–H and O–H groups in total. The highest BCUT2D eigenvalue weighted by Gasteiger charge is 2.27. The van der Waals surface area contributed by atoms with Crippen LogP contribution in [0.25, 0.3) is 5.57 Å². The van der Waals surface area contributed by atoms with Gasteiger partial charge in [0.15, 0.2) is 0 Å². The van der Waals surface area contributed by atoms with Crippen LogP contribution in [0.2, 0.25) is 5.02 Å². The summed E-state index contributed by atoms with van der Waals surface area (Å²) in [4.78, 5) is 4.43. The summed E-state index contributed by atoms with van der Waals surface area (Å²) in [6, 6.07) is 10.0. The van der Waals surface area contributed by atoms with E-state index in [4.69, 9.17) is 16.3 Å². The van der Waals surface area contributed by atoms with Gasteiger partial charge in [0.1, 0.15) is 11.4 Å². The number of halogens is 1. The third kappa shape index (κ3) is 2.44. The first-order valence-corrected chi connectivity index (χ1v) is 6.97. The topological polar surface area (TPSA) is 22.1 Å². The van der Waals surface area contributed by atoms with Crippen molar-refractivity contribution in [2.45, 2.75) is 26.4 Å². The molecular formula is C17H16ClNO. The minimum absolute atomic E-state index is 0.350. The van der Waals surface area contributed by atoms with Crippen molar-refractivity contribution < 1.29 is 4.74 Å². The second kappa shape index (κ2) is 4.64. The molecule has 2 heterocycles. The van der Waals surface area contributed by atoms with Crippen molar-refractivity contribution in [3.8, 4) is 5.75 Å². The molecule has 0 radical (unpaired) electrons. The summed E-state index contributed by atoms with van der Waals surface area (Å²) in [5.41, 5.74) is 3.91. The van der Waals surface area contributed by atoms with Gasteiger partial charge in [0, 0.05) is 17.3 Å². The summed E-state index contributed by atoms with van der Waals surface area (Å²) in [6.07, 6.45) is 3.79. The maximum Gasteiger partial charge on any atom is 0.128 e. The van der Waals surface area contributed by atoms with Gasteiger partial charge >= 0.3 is 0 Å². The normalized spacial score (nSPS) is 16.1. The molecule has 1 aromatic heterocycles. The molecule has 0 spiro atoms. The number of fused-ring (bicyclic) bond motifs is 1. The SMILES string of the molecule is Cc1ccc2c(c1)OC(C)(C)C=C2c1ccc(Cl)cn1. The molecule has 0 atom stereocenters. The smallest absolute Gasteiger partial charge is 0.128 e. The summed E-state index contributed by atoms with van der Waals surface area (Å²) in [6.45, 7) is 6.16. The fourth-order valence-corrected chi connectivity index (χ4v) is 2.53. The van der Waals surface area contributed by atoms with Crippen LogP contribution in [-0.2, 0) is 0 Å². The monoisotopic (exact) mass is 285 g/mol. The van der Waals surface area contributed by atoms with Gasteiger partial charge in [-0.15, -0.1) is 0 Å². The molecule has 0 bridgehead atoms. The maximum absolute atomic E-state index is 6.05. The first kappa shape index (κ1) is 13.2. The van der Waals surface area contributed by atoms with Gasteiger partial charge in [0.25, 0.3) is 0 Å². The first-order valence-electron chi connectivity index (χ1n) is 6.59. The van der Waals surface area contributed by atoms with E-state index in [1.807, 2.05) is 26.0 Å². The molecule has 1 aliphatic rings. The Kier molecular flexibility index (Phi) is 3.06. The number of nitrogens with zero attached hydrogens (tertiary/aromatic N) is 1. The number of ether oxygens (including phenoxy) is 1. The van der Waals surface area contributed by atoms with E-state index in [-0.39, 0.29) is 5.60 Å². The lowest BCUT2D eigenvalue weighted by Crippen LogP contribution is -2.29. The molecule has 3 rings (SSSR count). The van der Waals surface area contributed by atoms with Crippen LogP contribution in [0.15, 0.2) is 42.6 Å². The Bertz CT molecular complexity index is 687. The molecular weight excluding hydrogens is 270 g/mol. The highest BCUT2D eigenvalue weighted by Crippen LogP contribution is 2.39. The van der Waals surface area contributed by atoms with Gasteiger partial charge in [-0.05, 0) is 50.6 Å². The van der Waals surface area contributed by atoms with E-state index < -0.39 is 0 Å². The second-order valence-electron chi connectivity index (χ2n) is 5.62. The number of aromatic nitrogens is 1. The van der Waals surface area contributed by atoms with E-state index in [9.17, 15) is 0 Å². The molecule has 0 saturated carbocycles. The maximum atomic E-state index is 6.05. The van der Waals surface area contributed by atoms with Crippen molar-refractivity contribution in [2.24, 2.45) is 0 Å². The lowest BCUT2D eigenvalue weighted by atomic mass is 9.92. The van der Waals surface area contributed by atoms with E-state index in [0.29, 0.717) is 5.02 Å². The zero-order valence-corrected chi connectivity index (χ0v) is 12.5. The fourth-order valence-electron chi connectivity index (χ4n) is 2.42. The molecule has 0 unspecified atom stereocenters. The van der Waals surface area contributed by atoms with Crippen LogP contribution in [0.5, 0.6) is 5.75 Å². The van der Waals surface area contributed by atoms with E-state index in [1.165, 1.54) is 5.56 Å². The zero-order chi connectivity index (χ0) is 14.3. The van der Waals surface area contributed by atoms with Gasteiger partial charge in [-0.3, -0.25) is 4.98 Å². The number of hydrogen-bond donors (Lipinski definition) is 0. The number of rotatable bonds is 1. The van der Waals surface area contributed by atoms with Crippen LogP contribution >= 0.6 is 11.6 Å². The highest BCUT2D eigenvalue weighted by atomic mass is 35.5. The van der Waals surface area contributed by atoms with E-state index in [0.717, 1.165) is 22.6 Å². The van der Waals surface area contributed by atoms with E-state index in [1.54, 1.807) is 6.20 Å². The number of benzene rings is 1. The van der Waals surface area contributed by atoms with Crippen LogP contribution in [0, 0.1) is 6.92 Å². The fraction of sp³-hybridized carbons (Fsp3) is 0.235. The van der Waals surface area contributed by atoms with Crippen LogP contribution in [-0.4, -0.2) is 10.6 Å². The Morgan fingerprint density at radius 3 is 2.65 bits per heavy atom. The molecule has 2 nitrogen and oxygen atoms in total. The minimum atomic E-state index is -0.350. The lowest BCUT2D eigenvalue weighted by molar-refractivity contribution is 0.158. The van der Waals surface area contributed by atoms with E-state index >= 15 is 0 Å². The van der Waals surface area contributed by atoms with Crippen LogP contribution in [0.4, 0.5) is 0 Å². The van der Waals surface area contributed by atoms with Crippen molar-refractivity contribution in [3.05, 3.63) is 64.4 Å². The van der Waals surface area contributed by atoms with Gasteiger partial charge in [0.05, 0.1) is 10.7 Å². The third-order valence-electron chi connectivity index (χ3n) is 3.30. The molecule has 1 aromatic carbocycles. The highest BCUT2D eigenvalue weighted by molar-refractivity contribution is 6.30. The Balaban J connectivity index is 2.18. The van der Waals surface area contributed by atoms with Crippen molar-refractivity contribution in [1.82, 2.24) is 4.98 Å². The number of aryl methyl sites for hydroxylation is 1. The standard InChI is InChI=1S/C17H16ClNO/c1-11-4-6-13-14(15-7-5-12(18)10-19-15)9-17(2,3)20-16(13)8-11/h4-10H,1-3H3. The predicted molar refractivity (Wildman–Crippen MR) is 82.2 cm³/mol. The zero-order valence-electron chi connectivity index (χ0n) is 11.8. The van der Waals surface area contributed by atoms with Crippen molar-refractivity contribution in [2.75, 3.05) is 0 Å². The van der Waals surface area contributed by atoms with Crippen molar-refractivity contribution >= 4 is 17.2 Å². The lowest BCUT2D eigenvalue weighted by Gasteiger charge is -2.31. The summed E-state index contributed by atoms with van der Waals surface area (Å²) in [5, 5.41) is 0.643. The van der Waals surface area contributed by atoms with Crippen molar-refractivity contribution in [1.29, 1.82) is 0 Å². The van der Waals surface area contributed by atoms with E-state index in [2.05, 4.69) is 36.2 Å². The number of pyridine rings is 1. The average Bonchev–Trinajstić information content (AvgIpc) is 2.37. The summed E-state index contributed by atoms with van der Waals surface area (Å²) >= 11 is 5.92. The molecule has 0 saturated heterocycles. The molecule has 2 aromatic rings. The van der Waals surface area contributed by atoms with Gasteiger partial charge in [-0.1, -0.05) is 23.7 Å². The van der Waals surface area contributed by atoms with Crippen molar-refractivity contribution in [3.63, 3.8) is 0 Å². The second-order valence-corrected chi connectivity index (χ2v) is 6.06. The van der Waals surface area contributed by atoms with Gasteiger partial charge in [-0.2, -0.15) is 0 Å². The minimum Gasteiger partial charge on any atom is -0.483 e. The van der Waals surface area contributed by atoms with Gasteiger partial charge in [0.2, 0.25) is 0 Å². The Morgan fingerprint density at radius 1 is 1.15 bits per heavy atom. The van der Waals surface area contributed by atoms with Crippen LogP contribution < -0.4 is 4.74 Å². The molecule has 0 amide bonds. The van der Waals surface area contributed by atoms with Gasteiger partial charge in [-0.25, -0.2) is 0 Å². The largest absolute Gasteiger partial charge is 0.483 e. The molecule has 102 valence electrons. The number of hydrogen-bond acceptors (Lipinski definition) is 2. The Morgan fingerprint density at radius 2 is 1.95 bits per heavy atom. The third-order valence-corrected chi connectivity index (χ3v) is 3.52. The molecule has 20 heavy (non-hydrogen) atoms. The quantitative estimate of drug-likeness (QED) is 0.761. The summed E-state index contributed by atoms with van der Waals surface area (Å²) < 4.78 is 6.05. The Labute approximate surface area is 124 Å². The predicted octanol–water partition coefficient (Wildman–Crippen LogP) is 4.65. The molecule has 1 aliphatic heterocycles. The molecule has 0 aliphatic carbocycles. The first-order chi connectivity index (χ1) is 9.44. The molecule has 3 heteroatoms. The van der Waals surface area contributed by atoms with Crippen LogP contribution in [0.1, 0.15) is 30.7 Å². The average molecular weight is 286 g/mol. The summed E-state index contributed by atoms with van der Waals surface area (Å²) in [7, 11) is 0. The summed E-state index contributed by atoms with van der Waals surface area (Å²) in [5.74, 6) is 0.907.